The van der Waals surface area contributed by atoms with Crippen LogP contribution >= 0.6 is 0 Å². The van der Waals surface area contributed by atoms with E-state index in [2.05, 4.69) is 40.7 Å². The molecule has 0 aromatic heterocycles. The van der Waals surface area contributed by atoms with Gasteiger partial charge in [0.2, 0.25) is 0 Å². The molecule has 0 unspecified atom stereocenters. The molecular weight excluding hydrogens is 1140 g/mol. The van der Waals surface area contributed by atoms with Crippen LogP contribution < -0.4 is 0 Å². The van der Waals surface area contributed by atoms with Crippen LogP contribution in [0, 0.1) is 45.3 Å². The number of aliphatic hydroxyl groups excluding tert-OH is 17. The summed E-state index contributed by atoms with van der Waals surface area (Å²) in [5.74, 6) is -0.613. The Kier molecular flexibility index (Phi) is 21.3. The third-order valence-electron chi connectivity index (χ3n) is 22.6. The van der Waals surface area contributed by atoms with E-state index in [-0.39, 0.29) is 34.5 Å². The normalized spacial score (nSPS) is 52.8. The van der Waals surface area contributed by atoms with Gasteiger partial charge >= 0.3 is 0 Å². The summed E-state index contributed by atoms with van der Waals surface area (Å²) in [4.78, 5) is 0. The fraction of sp³-hybridized carbons (Fsp3) is 0.966. The lowest BCUT2D eigenvalue weighted by Gasteiger charge is -2.71. The summed E-state index contributed by atoms with van der Waals surface area (Å²) >= 11 is 0. The van der Waals surface area contributed by atoms with E-state index < -0.39 is 209 Å². The van der Waals surface area contributed by atoms with E-state index in [0.717, 1.165) is 24.8 Å². The van der Waals surface area contributed by atoms with Crippen molar-refractivity contribution in [1.82, 2.24) is 0 Å². The smallest absolute Gasteiger partial charge is 0.187 e. The molecule has 9 aliphatic rings. The molecule has 34 atom stereocenters. The zero-order valence-corrected chi connectivity index (χ0v) is 50.5. The zero-order chi connectivity index (χ0) is 63.1. The summed E-state index contributed by atoms with van der Waals surface area (Å²) in [5, 5.41) is 184. The van der Waals surface area contributed by atoms with Crippen LogP contribution in [-0.2, 0) is 47.4 Å². The molecule has 17 N–H and O–H groups in total. The van der Waals surface area contributed by atoms with Gasteiger partial charge in [0.15, 0.2) is 31.5 Å². The van der Waals surface area contributed by atoms with Crippen LogP contribution in [0.1, 0.15) is 113 Å². The topological polar surface area (TPSA) is 436 Å². The fourth-order valence-corrected chi connectivity index (χ4v) is 17.4. The molecule has 4 aliphatic carbocycles. The van der Waals surface area contributed by atoms with Crippen molar-refractivity contribution in [1.29, 1.82) is 0 Å². The van der Waals surface area contributed by atoms with Crippen LogP contribution in [-0.4, -0.2) is 285 Å². The zero-order valence-electron chi connectivity index (χ0n) is 50.5. The minimum atomic E-state index is -1.84. The van der Waals surface area contributed by atoms with Gasteiger partial charge in [-0.3, -0.25) is 0 Å². The third kappa shape index (κ3) is 12.3. The van der Waals surface area contributed by atoms with Crippen LogP contribution in [0.25, 0.3) is 0 Å². The van der Waals surface area contributed by atoms with Crippen LogP contribution in [0.3, 0.4) is 0 Å². The number of allylic oxidation sites excluding steroid dienone is 2. The van der Waals surface area contributed by atoms with Gasteiger partial charge in [-0.25, -0.2) is 0 Å². The van der Waals surface area contributed by atoms with Gasteiger partial charge in [0.1, 0.15) is 116 Å². The molecule has 0 radical (unpaired) electrons. The van der Waals surface area contributed by atoms with Gasteiger partial charge in [0, 0.05) is 0 Å². The summed E-state index contributed by atoms with van der Waals surface area (Å²) < 4.78 is 60.4. The molecule has 498 valence electrons. The lowest BCUT2D eigenvalue weighted by molar-refractivity contribution is -0.378. The quantitative estimate of drug-likeness (QED) is 0.0436. The van der Waals surface area contributed by atoms with Crippen molar-refractivity contribution in [2.75, 3.05) is 33.0 Å². The molecule has 0 aromatic rings. The lowest BCUT2D eigenvalue weighted by atomic mass is 9.35. The predicted octanol–water partition coefficient (Wildman–Crippen LogP) is -3.74. The monoisotopic (exact) mass is 1240 g/mol. The van der Waals surface area contributed by atoms with E-state index in [1.54, 1.807) is 0 Å². The van der Waals surface area contributed by atoms with E-state index >= 15 is 0 Å². The molecule has 0 amide bonds. The van der Waals surface area contributed by atoms with Gasteiger partial charge in [-0.2, -0.15) is 0 Å². The minimum absolute atomic E-state index is 0.00774. The highest BCUT2D eigenvalue weighted by molar-refractivity contribution is 5.21. The molecule has 86 heavy (non-hydrogen) atoms. The van der Waals surface area contributed by atoms with Crippen LogP contribution in [0.4, 0.5) is 0 Å². The van der Waals surface area contributed by atoms with E-state index in [1.807, 2.05) is 20.8 Å². The van der Waals surface area contributed by atoms with Gasteiger partial charge in [0.05, 0.1) is 50.8 Å². The Bertz CT molecular complexity index is 2260. The summed E-state index contributed by atoms with van der Waals surface area (Å²) in [6, 6.07) is 0. The molecular formula is C59H100O27. The summed E-state index contributed by atoms with van der Waals surface area (Å²) in [7, 11) is 0. The molecule has 0 aromatic carbocycles. The number of fused-ring (bicyclic) bond motifs is 5. The third-order valence-corrected chi connectivity index (χ3v) is 22.6. The van der Waals surface area contributed by atoms with E-state index in [1.165, 1.54) is 0 Å². The van der Waals surface area contributed by atoms with Crippen molar-refractivity contribution in [3.05, 3.63) is 11.6 Å². The predicted molar refractivity (Wildman–Crippen MR) is 293 cm³/mol. The minimum Gasteiger partial charge on any atom is -0.394 e. The average molecular weight is 1240 g/mol. The number of hydrogen-bond donors (Lipinski definition) is 17. The highest BCUT2D eigenvalue weighted by Crippen LogP contribution is 2.76. The highest BCUT2D eigenvalue weighted by Gasteiger charge is 2.72. The van der Waals surface area contributed by atoms with Crippen molar-refractivity contribution >= 4 is 0 Å². The van der Waals surface area contributed by atoms with Gasteiger partial charge in [-0.15, -0.1) is 0 Å². The second-order valence-electron chi connectivity index (χ2n) is 28.1. The molecule has 27 heteroatoms. The number of aliphatic hydroxyl groups is 17. The van der Waals surface area contributed by atoms with Crippen molar-refractivity contribution < 1.29 is 134 Å². The van der Waals surface area contributed by atoms with Crippen molar-refractivity contribution in [3.63, 3.8) is 0 Å². The number of hydrogen-bond acceptors (Lipinski definition) is 27. The first kappa shape index (κ1) is 69.0. The van der Waals surface area contributed by atoms with Gasteiger partial charge in [-0.05, 0) is 124 Å². The Morgan fingerprint density at radius 3 is 1.50 bits per heavy atom. The Morgan fingerprint density at radius 2 is 0.942 bits per heavy atom. The molecule has 9 fully saturated rings. The molecule has 0 spiro atoms. The van der Waals surface area contributed by atoms with Gasteiger partial charge in [0.25, 0.3) is 0 Å². The largest absolute Gasteiger partial charge is 0.394 e. The second-order valence-corrected chi connectivity index (χ2v) is 28.1. The van der Waals surface area contributed by atoms with E-state index in [4.69, 9.17) is 47.4 Å². The number of ether oxygens (including phenoxy) is 10. The van der Waals surface area contributed by atoms with Gasteiger partial charge < -0.3 is 134 Å². The summed E-state index contributed by atoms with van der Waals surface area (Å²) in [6.45, 7) is 13.9. The first-order chi connectivity index (χ1) is 40.3. The maximum absolute atomic E-state index is 12.9. The molecule has 4 saturated carbocycles. The maximum Gasteiger partial charge on any atom is 0.187 e. The Hall–Kier alpha value is -1.34. The second kappa shape index (κ2) is 26.6. The maximum atomic E-state index is 12.9. The highest BCUT2D eigenvalue weighted by atomic mass is 16.8. The van der Waals surface area contributed by atoms with Crippen molar-refractivity contribution in [3.8, 4) is 0 Å². The average Bonchev–Trinajstić information content (AvgIpc) is 1.23. The van der Waals surface area contributed by atoms with E-state index in [0.29, 0.717) is 38.5 Å². The lowest BCUT2D eigenvalue weighted by Crippen LogP contribution is -2.68. The van der Waals surface area contributed by atoms with Crippen LogP contribution in [0.2, 0.25) is 0 Å². The van der Waals surface area contributed by atoms with Crippen molar-refractivity contribution in [2.24, 2.45) is 45.3 Å². The molecule has 9 rings (SSSR count). The molecule has 27 nitrogen and oxygen atoms in total. The number of rotatable bonds is 19. The Labute approximate surface area is 501 Å². The standard InChI is InChI=1S/C59H100O27/c1-24(2)10-9-14-59(8,86-53-48(76)43(71)40(68)31(83-53)23-78-51-46(74)42(70)39(67)30(82-51)22-77-50-45(73)38(66)29(21-62)79-50)25-11-16-58(7)35(25)26(63)18-33-56(5)15-13-34(55(3,4)32(56)12-17-57(33,58)6)84-54-49(44(72)37(65)28(20-61)81-54)85-52-47(75)41(69)36(64)27(19-60)80-52/h10,25-54,60-76H,9,11-23H2,1-8H3/t25-,26+,27+,28+,29-,30+,31+,32-,33+,34-,35-,36+,37+,38-,39+,40+,41-,42-,43-,44-,45+,46+,47+,48+,49+,50+,51+,52-,53-,54-,56-,57+,58+,59-/m0/s1. The van der Waals surface area contributed by atoms with Crippen LogP contribution in [0.5, 0.6) is 0 Å². The Balaban J connectivity index is 0.902. The SMILES string of the molecule is CC(C)=CCC[C@](C)(O[C@@H]1O[C@H](CO[C@@H]2O[C@H](CO[C@@H]3O[C@@H](CO)[C@H](O)[C@H]3O)[C@@H](O)[C@H](O)[C@H]2O)[C@@H](O)[C@H](O)[C@H]1O)[C@H]1CC[C@]2(C)[C@@H]1[C@H](O)C[C@@H]1[C@@]3(C)CC[C@H](O[C@@H]4O[C@H](CO)[C@@H](O)[C@H](O)[C@H]4O[C@@H]4O[C@H](CO)[C@@H](O)[C@H](O)[C@H]4O)C(C)(C)[C@@H]3CC[C@]12C. The summed E-state index contributed by atoms with van der Waals surface area (Å²) in [6.07, 6.45) is -32.2. The van der Waals surface area contributed by atoms with Crippen LogP contribution in [0.15, 0.2) is 11.6 Å². The molecule has 5 aliphatic heterocycles. The molecule has 5 saturated heterocycles. The van der Waals surface area contributed by atoms with Crippen molar-refractivity contribution in [2.45, 2.75) is 278 Å². The molecule has 0 bridgehead atoms. The molecule has 5 heterocycles. The van der Waals surface area contributed by atoms with E-state index in [9.17, 15) is 86.8 Å². The van der Waals surface area contributed by atoms with Gasteiger partial charge in [-0.1, -0.05) is 46.3 Å². The first-order valence-electron chi connectivity index (χ1n) is 30.8. The Morgan fingerprint density at radius 1 is 0.488 bits per heavy atom. The first-order valence-corrected chi connectivity index (χ1v) is 30.8. The summed E-state index contributed by atoms with van der Waals surface area (Å²) in [5.41, 5.74) is -1.79. The fourth-order valence-electron chi connectivity index (χ4n) is 17.4.